The fourth-order valence-electron chi connectivity index (χ4n) is 2.71. The smallest absolute Gasteiger partial charge is 0.315 e. The Kier molecular flexibility index (Phi) is 6.21. The molecule has 1 unspecified atom stereocenters. The van der Waals surface area contributed by atoms with Gasteiger partial charge in [-0.3, -0.25) is 0 Å². The number of ether oxygens (including phenoxy) is 1. The van der Waals surface area contributed by atoms with Gasteiger partial charge in [-0.2, -0.15) is 0 Å². The van der Waals surface area contributed by atoms with Gasteiger partial charge >= 0.3 is 6.03 Å². The molecule has 0 heterocycles. The minimum atomic E-state index is -0.773. The van der Waals surface area contributed by atoms with Crippen molar-refractivity contribution >= 4 is 6.03 Å². The number of hydrogen-bond donors (Lipinski definition) is 3. The van der Waals surface area contributed by atoms with Gasteiger partial charge in [0.2, 0.25) is 0 Å². The van der Waals surface area contributed by atoms with E-state index in [9.17, 15) is 14.3 Å². The van der Waals surface area contributed by atoms with Gasteiger partial charge in [0.25, 0.3) is 0 Å². The molecule has 3 N–H and O–H groups in total. The van der Waals surface area contributed by atoms with Gasteiger partial charge in [0.1, 0.15) is 6.10 Å². The molecule has 5 nitrogen and oxygen atoms in total. The molecule has 0 aromatic heterocycles. The van der Waals surface area contributed by atoms with Crippen LogP contribution < -0.4 is 15.4 Å². The van der Waals surface area contributed by atoms with Crippen LogP contribution >= 0.6 is 0 Å². The van der Waals surface area contributed by atoms with E-state index < -0.39 is 11.4 Å². The number of rotatable bonds is 7. The molecule has 0 bridgehead atoms. The lowest BCUT2D eigenvalue weighted by Gasteiger charge is -2.23. The molecule has 1 aliphatic rings. The van der Waals surface area contributed by atoms with Gasteiger partial charge in [-0.25, -0.2) is 9.18 Å². The van der Waals surface area contributed by atoms with E-state index in [0.29, 0.717) is 6.42 Å². The summed E-state index contributed by atoms with van der Waals surface area (Å²) in [6.07, 6.45) is 3.76. The lowest BCUT2D eigenvalue weighted by molar-refractivity contribution is 0.0500. The number of amides is 2. The SMILES string of the molecule is CCC(CNC(=O)NCC1(O)CCCC1)Oc1ccccc1F. The minimum absolute atomic E-state index is 0.182. The normalized spacial score (nSPS) is 17.5. The third kappa shape index (κ3) is 5.39. The Labute approximate surface area is 136 Å². The molecule has 1 aromatic rings. The van der Waals surface area contributed by atoms with Crippen molar-refractivity contribution in [1.82, 2.24) is 10.6 Å². The van der Waals surface area contributed by atoms with Crippen LogP contribution in [0.25, 0.3) is 0 Å². The van der Waals surface area contributed by atoms with E-state index in [2.05, 4.69) is 10.6 Å². The van der Waals surface area contributed by atoms with Gasteiger partial charge < -0.3 is 20.5 Å². The Bertz CT molecular complexity index is 518. The maximum atomic E-state index is 13.6. The summed E-state index contributed by atoms with van der Waals surface area (Å²) in [6.45, 7) is 2.44. The summed E-state index contributed by atoms with van der Waals surface area (Å²) in [7, 11) is 0. The van der Waals surface area contributed by atoms with Crippen LogP contribution in [0.3, 0.4) is 0 Å². The molecule has 0 aliphatic heterocycles. The highest BCUT2D eigenvalue weighted by atomic mass is 19.1. The van der Waals surface area contributed by atoms with E-state index in [1.54, 1.807) is 18.2 Å². The number of urea groups is 1. The van der Waals surface area contributed by atoms with Crippen molar-refractivity contribution in [2.24, 2.45) is 0 Å². The van der Waals surface area contributed by atoms with Gasteiger partial charge in [-0.1, -0.05) is 31.9 Å². The minimum Gasteiger partial charge on any atom is -0.486 e. The van der Waals surface area contributed by atoms with E-state index in [1.165, 1.54) is 6.07 Å². The fourth-order valence-corrected chi connectivity index (χ4v) is 2.71. The number of carbonyl (C=O) groups excluding carboxylic acids is 1. The first-order valence-corrected chi connectivity index (χ1v) is 8.18. The Morgan fingerprint density at radius 2 is 2.04 bits per heavy atom. The number of hydrogen-bond acceptors (Lipinski definition) is 3. The predicted molar refractivity (Wildman–Crippen MR) is 85.9 cm³/mol. The summed E-state index contributed by atoms with van der Waals surface area (Å²) < 4.78 is 19.1. The highest BCUT2D eigenvalue weighted by Crippen LogP contribution is 2.28. The first kappa shape index (κ1) is 17.5. The second-order valence-electron chi connectivity index (χ2n) is 6.07. The molecule has 23 heavy (non-hydrogen) atoms. The number of aliphatic hydroxyl groups is 1. The zero-order chi connectivity index (χ0) is 16.7. The third-order valence-corrected chi connectivity index (χ3v) is 4.19. The van der Waals surface area contributed by atoms with E-state index in [-0.39, 0.29) is 31.0 Å². The quantitative estimate of drug-likeness (QED) is 0.722. The summed E-state index contributed by atoms with van der Waals surface area (Å²) in [5.41, 5.74) is -0.773. The molecule has 128 valence electrons. The third-order valence-electron chi connectivity index (χ3n) is 4.19. The van der Waals surface area contributed by atoms with Crippen molar-refractivity contribution in [3.05, 3.63) is 30.1 Å². The van der Waals surface area contributed by atoms with Crippen LogP contribution in [-0.2, 0) is 0 Å². The summed E-state index contributed by atoms with van der Waals surface area (Å²) in [5, 5.41) is 15.6. The van der Waals surface area contributed by atoms with Gasteiger partial charge in [-0.15, -0.1) is 0 Å². The monoisotopic (exact) mass is 324 g/mol. The van der Waals surface area contributed by atoms with Gasteiger partial charge in [0, 0.05) is 6.54 Å². The summed E-state index contributed by atoms with van der Waals surface area (Å²) >= 11 is 0. The summed E-state index contributed by atoms with van der Waals surface area (Å²) in [6, 6.07) is 5.86. The van der Waals surface area contributed by atoms with E-state index >= 15 is 0 Å². The maximum Gasteiger partial charge on any atom is 0.315 e. The Balaban J connectivity index is 1.74. The van der Waals surface area contributed by atoms with Crippen molar-refractivity contribution in [2.75, 3.05) is 13.1 Å². The van der Waals surface area contributed by atoms with Crippen molar-refractivity contribution in [2.45, 2.75) is 50.7 Å². The van der Waals surface area contributed by atoms with Crippen LogP contribution in [0.5, 0.6) is 5.75 Å². The highest BCUT2D eigenvalue weighted by Gasteiger charge is 2.31. The van der Waals surface area contributed by atoms with Gasteiger partial charge in [0.05, 0.1) is 12.1 Å². The molecule has 1 aliphatic carbocycles. The van der Waals surface area contributed by atoms with Crippen LogP contribution in [0.1, 0.15) is 39.0 Å². The summed E-state index contributed by atoms with van der Waals surface area (Å²) in [5.74, 6) is -0.235. The van der Waals surface area contributed by atoms with Crippen LogP contribution in [-0.4, -0.2) is 35.9 Å². The van der Waals surface area contributed by atoms with Crippen LogP contribution in [0.15, 0.2) is 24.3 Å². The molecule has 2 amide bonds. The zero-order valence-corrected chi connectivity index (χ0v) is 13.5. The van der Waals surface area contributed by atoms with Crippen molar-refractivity contribution < 1.29 is 19.0 Å². The van der Waals surface area contributed by atoms with Crippen molar-refractivity contribution in [3.8, 4) is 5.75 Å². The fraction of sp³-hybridized carbons (Fsp3) is 0.588. The standard InChI is InChI=1S/C17H25FN2O3/c1-2-13(23-15-8-4-3-7-14(15)18)11-19-16(21)20-12-17(22)9-5-6-10-17/h3-4,7-8,13,22H,2,5-6,9-12H2,1H3,(H2,19,20,21). The van der Waals surface area contributed by atoms with Crippen molar-refractivity contribution in [3.63, 3.8) is 0 Å². The van der Waals surface area contributed by atoms with Crippen LogP contribution in [0.2, 0.25) is 0 Å². The first-order valence-electron chi connectivity index (χ1n) is 8.18. The number of para-hydroxylation sites is 1. The van der Waals surface area contributed by atoms with Gasteiger partial charge in [-0.05, 0) is 31.4 Å². The number of benzene rings is 1. The van der Waals surface area contributed by atoms with Crippen LogP contribution in [0.4, 0.5) is 9.18 Å². The Morgan fingerprint density at radius 1 is 1.35 bits per heavy atom. The topological polar surface area (TPSA) is 70.6 Å². The predicted octanol–water partition coefficient (Wildman–Crippen LogP) is 2.59. The number of carbonyl (C=O) groups is 1. The molecule has 0 spiro atoms. The average molecular weight is 324 g/mol. The van der Waals surface area contributed by atoms with E-state index in [1.807, 2.05) is 6.92 Å². The van der Waals surface area contributed by atoms with E-state index in [0.717, 1.165) is 25.7 Å². The zero-order valence-electron chi connectivity index (χ0n) is 13.5. The molecule has 0 radical (unpaired) electrons. The Morgan fingerprint density at radius 3 is 2.70 bits per heavy atom. The lowest BCUT2D eigenvalue weighted by atomic mass is 10.0. The largest absolute Gasteiger partial charge is 0.486 e. The van der Waals surface area contributed by atoms with Crippen LogP contribution in [0, 0.1) is 5.82 Å². The molecule has 0 saturated heterocycles. The second kappa shape index (κ2) is 8.15. The van der Waals surface area contributed by atoms with E-state index in [4.69, 9.17) is 4.74 Å². The van der Waals surface area contributed by atoms with Gasteiger partial charge in [0.15, 0.2) is 11.6 Å². The molecule has 1 aromatic carbocycles. The molecular weight excluding hydrogens is 299 g/mol. The molecule has 1 saturated carbocycles. The second-order valence-corrected chi connectivity index (χ2v) is 6.07. The molecule has 1 fully saturated rings. The molecule has 1 atom stereocenters. The summed E-state index contributed by atoms with van der Waals surface area (Å²) in [4.78, 5) is 11.8. The lowest BCUT2D eigenvalue weighted by Crippen LogP contribution is -2.47. The molecule has 2 rings (SSSR count). The molecule has 6 heteroatoms. The average Bonchev–Trinajstić information content (AvgIpc) is 2.98. The van der Waals surface area contributed by atoms with Crippen molar-refractivity contribution in [1.29, 1.82) is 0 Å². The highest BCUT2D eigenvalue weighted by molar-refractivity contribution is 5.73. The first-order chi connectivity index (χ1) is 11.0. The maximum absolute atomic E-state index is 13.6. The Hall–Kier alpha value is -1.82. The molecular formula is C17H25FN2O3. The number of nitrogens with one attached hydrogen (secondary N) is 2. The number of halogens is 1.